The summed E-state index contributed by atoms with van der Waals surface area (Å²) in [7, 11) is 1.71. The van der Waals surface area contributed by atoms with E-state index in [4.69, 9.17) is 21.1 Å². The van der Waals surface area contributed by atoms with Crippen molar-refractivity contribution in [1.82, 2.24) is 24.4 Å². The van der Waals surface area contributed by atoms with E-state index < -0.39 is 5.82 Å². The molecule has 8 nitrogen and oxygen atoms in total. The lowest BCUT2D eigenvalue weighted by atomic mass is 9.92. The van der Waals surface area contributed by atoms with Crippen LogP contribution in [0.1, 0.15) is 54.7 Å². The molecule has 3 atom stereocenters. The Hall–Kier alpha value is -2.75. The third-order valence-electron chi connectivity index (χ3n) is 7.26. The predicted octanol–water partition coefficient (Wildman–Crippen LogP) is 4.33. The van der Waals surface area contributed by atoms with E-state index in [1.54, 1.807) is 28.9 Å². The molecule has 192 valence electrons. The summed E-state index contributed by atoms with van der Waals surface area (Å²) in [5, 5.41) is 5.03. The van der Waals surface area contributed by atoms with Gasteiger partial charge in [-0.05, 0) is 38.3 Å². The second-order valence-corrected chi connectivity index (χ2v) is 10.1. The number of halogens is 2. The Balaban J connectivity index is 1.33. The molecule has 0 bridgehead atoms. The Morgan fingerprint density at radius 3 is 2.89 bits per heavy atom. The van der Waals surface area contributed by atoms with Crippen molar-refractivity contribution in [2.24, 2.45) is 0 Å². The minimum Gasteiger partial charge on any atom is -0.489 e. The Morgan fingerprint density at radius 2 is 2.11 bits per heavy atom. The molecule has 0 radical (unpaired) electrons. The number of hydrogen-bond donors (Lipinski definition) is 0. The minimum atomic E-state index is -0.428. The lowest BCUT2D eigenvalue weighted by Gasteiger charge is -2.43. The van der Waals surface area contributed by atoms with Gasteiger partial charge in [0.2, 0.25) is 0 Å². The first-order valence-corrected chi connectivity index (χ1v) is 12.8. The van der Waals surface area contributed by atoms with E-state index in [1.807, 2.05) is 0 Å². The molecule has 0 N–H and O–H groups in total. The van der Waals surface area contributed by atoms with Gasteiger partial charge in [-0.25, -0.2) is 13.9 Å². The number of nitrogens with zero attached hydrogens (tertiary/aromatic N) is 5. The molecule has 0 aliphatic carbocycles. The van der Waals surface area contributed by atoms with Gasteiger partial charge in [0.25, 0.3) is 5.91 Å². The van der Waals surface area contributed by atoms with Crippen molar-refractivity contribution in [3.63, 3.8) is 0 Å². The zero-order valence-corrected chi connectivity index (χ0v) is 21.5. The van der Waals surface area contributed by atoms with Crippen molar-refractivity contribution in [3.05, 3.63) is 58.3 Å². The van der Waals surface area contributed by atoms with E-state index in [9.17, 15) is 9.18 Å². The fourth-order valence-corrected chi connectivity index (χ4v) is 5.63. The standard InChI is InChI=1S/C26H31ClFN5O3/c1-4-19-11-20(9-16(2)32(19)7-8-35-3)36-24-10-18(28)5-6-21(24)26(34)31-14-22-23(15-31)30-33-13-17(27)12-29-25(22)33/h5-6,10,12-13,16,19-20H,4,7-9,11,14-15H2,1-3H3. The number of rotatable bonds is 7. The third-order valence-corrected chi connectivity index (χ3v) is 7.46. The van der Waals surface area contributed by atoms with E-state index in [2.05, 4.69) is 28.8 Å². The van der Waals surface area contributed by atoms with Crippen LogP contribution in [0.2, 0.25) is 5.02 Å². The van der Waals surface area contributed by atoms with Crippen LogP contribution in [0.5, 0.6) is 5.75 Å². The molecule has 36 heavy (non-hydrogen) atoms. The predicted molar refractivity (Wildman–Crippen MR) is 134 cm³/mol. The van der Waals surface area contributed by atoms with Gasteiger partial charge in [-0.1, -0.05) is 18.5 Å². The van der Waals surface area contributed by atoms with E-state index in [-0.39, 0.29) is 12.0 Å². The van der Waals surface area contributed by atoms with E-state index in [1.165, 1.54) is 18.2 Å². The highest BCUT2D eigenvalue weighted by molar-refractivity contribution is 6.30. The van der Waals surface area contributed by atoms with Crippen LogP contribution >= 0.6 is 11.6 Å². The summed E-state index contributed by atoms with van der Waals surface area (Å²) in [4.78, 5) is 22.1. The van der Waals surface area contributed by atoms with Crippen LogP contribution in [0.25, 0.3) is 5.65 Å². The fraction of sp³-hybridized carbons (Fsp3) is 0.500. The van der Waals surface area contributed by atoms with Gasteiger partial charge in [0, 0.05) is 43.6 Å². The average molecular weight is 516 g/mol. The molecule has 3 unspecified atom stereocenters. The van der Waals surface area contributed by atoms with Crippen LogP contribution < -0.4 is 4.74 Å². The van der Waals surface area contributed by atoms with Crippen molar-refractivity contribution in [1.29, 1.82) is 0 Å². The maximum Gasteiger partial charge on any atom is 0.258 e. The number of piperidine rings is 1. The van der Waals surface area contributed by atoms with Crippen molar-refractivity contribution < 1.29 is 18.7 Å². The zero-order chi connectivity index (χ0) is 25.4. The van der Waals surface area contributed by atoms with Crippen LogP contribution in [-0.2, 0) is 17.8 Å². The first kappa shape index (κ1) is 24.9. The van der Waals surface area contributed by atoms with Crippen molar-refractivity contribution >= 4 is 23.2 Å². The molecule has 1 saturated heterocycles. The largest absolute Gasteiger partial charge is 0.489 e. The molecule has 2 aliphatic rings. The number of methoxy groups -OCH3 is 1. The Bertz CT molecular complexity index is 1270. The van der Waals surface area contributed by atoms with Crippen LogP contribution in [0.4, 0.5) is 4.39 Å². The highest BCUT2D eigenvalue weighted by Crippen LogP contribution is 2.33. The first-order chi connectivity index (χ1) is 17.4. The van der Waals surface area contributed by atoms with Gasteiger partial charge in [-0.2, -0.15) is 5.10 Å². The summed E-state index contributed by atoms with van der Waals surface area (Å²) < 4.78 is 27.6. The van der Waals surface area contributed by atoms with Gasteiger partial charge in [-0.15, -0.1) is 0 Å². The van der Waals surface area contributed by atoms with Gasteiger partial charge in [0.1, 0.15) is 17.7 Å². The summed E-state index contributed by atoms with van der Waals surface area (Å²) >= 11 is 6.03. The SMILES string of the molecule is CCC1CC(Oc2cc(F)ccc2C(=O)N2Cc3nn4cc(Cl)cnc4c3C2)CC(C)N1CCOC. The summed E-state index contributed by atoms with van der Waals surface area (Å²) in [6.07, 6.45) is 5.76. The second kappa shape index (κ2) is 10.3. The molecule has 0 spiro atoms. The number of fused-ring (bicyclic) bond motifs is 3. The number of benzene rings is 1. The van der Waals surface area contributed by atoms with Gasteiger partial charge in [-0.3, -0.25) is 9.69 Å². The van der Waals surface area contributed by atoms with Crippen LogP contribution in [0, 0.1) is 5.82 Å². The lowest BCUT2D eigenvalue weighted by Crippen LogP contribution is -2.51. The summed E-state index contributed by atoms with van der Waals surface area (Å²) in [5.74, 6) is -0.351. The first-order valence-electron chi connectivity index (χ1n) is 12.4. The second-order valence-electron chi connectivity index (χ2n) is 9.62. The topological polar surface area (TPSA) is 72.2 Å². The molecule has 5 rings (SSSR count). The number of ether oxygens (including phenoxy) is 2. The number of carbonyl (C=O) groups is 1. The highest BCUT2D eigenvalue weighted by atomic mass is 35.5. The lowest BCUT2D eigenvalue weighted by molar-refractivity contribution is 0.00308. The molecular formula is C26H31ClFN5O3. The van der Waals surface area contributed by atoms with Gasteiger partial charge < -0.3 is 14.4 Å². The molecule has 1 fully saturated rings. The minimum absolute atomic E-state index is 0.106. The maximum atomic E-state index is 14.3. The molecule has 1 aromatic carbocycles. The van der Waals surface area contributed by atoms with Crippen molar-refractivity contribution in [2.45, 2.75) is 64.4 Å². The van der Waals surface area contributed by atoms with Crippen LogP contribution in [0.15, 0.2) is 30.6 Å². The van der Waals surface area contributed by atoms with Crippen LogP contribution in [0.3, 0.4) is 0 Å². The van der Waals surface area contributed by atoms with E-state index in [0.29, 0.717) is 53.8 Å². The monoisotopic (exact) mass is 515 g/mol. The Kier molecular flexibility index (Phi) is 7.14. The number of likely N-dealkylation sites (tertiary alicyclic amines) is 1. The highest BCUT2D eigenvalue weighted by Gasteiger charge is 2.35. The molecule has 1 amide bonds. The van der Waals surface area contributed by atoms with Gasteiger partial charge >= 0.3 is 0 Å². The molecule has 10 heteroatoms. The molecule has 3 aromatic rings. The summed E-state index contributed by atoms with van der Waals surface area (Å²) in [5.41, 5.74) is 2.72. The number of amides is 1. The molecule has 4 heterocycles. The fourth-order valence-electron chi connectivity index (χ4n) is 5.49. The molecular weight excluding hydrogens is 485 g/mol. The Labute approximate surface area is 214 Å². The third kappa shape index (κ3) is 4.79. The number of aromatic nitrogens is 3. The zero-order valence-electron chi connectivity index (χ0n) is 20.8. The summed E-state index contributed by atoms with van der Waals surface area (Å²) in [6, 6.07) is 4.78. The van der Waals surface area contributed by atoms with Crippen molar-refractivity contribution in [2.75, 3.05) is 20.3 Å². The Morgan fingerprint density at radius 1 is 1.28 bits per heavy atom. The van der Waals surface area contributed by atoms with E-state index in [0.717, 1.165) is 37.1 Å². The summed E-state index contributed by atoms with van der Waals surface area (Å²) in [6.45, 7) is 6.62. The van der Waals surface area contributed by atoms with Gasteiger partial charge in [0.05, 0.1) is 42.2 Å². The number of hydrogen-bond acceptors (Lipinski definition) is 6. The quantitative estimate of drug-likeness (QED) is 0.466. The maximum absolute atomic E-state index is 14.3. The smallest absolute Gasteiger partial charge is 0.258 e. The number of carbonyl (C=O) groups excluding carboxylic acids is 1. The average Bonchev–Trinajstić information content (AvgIpc) is 3.40. The van der Waals surface area contributed by atoms with Crippen molar-refractivity contribution in [3.8, 4) is 5.75 Å². The molecule has 2 aliphatic heterocycles. The molecule has 0 saturated carbocycles. The van der Waals surface area contributed by atoms with Crippen LogP contribution in [-0.4, -0.2) is 68.8 Å². The van der Waals surface area contributed by atoms with E-state index >= 15 is 0 Å². The normalized spacial score (nSPS) is 22.2. The van der Waals surface area contributed by atoms with Gasteiger partial charge in [0.15, 0.2) is 5.65 Å². The molecule has 2 aromatic heterocycles.